The summed E-state index contributed by atoms with van der Waals surface area (Å²) in [4.78, 5) is 14.3. The van der Waals surface area contributed by atoms with Crippen molar-refractivity contribution in [1.29, 1.82) is 0 Å². The standard InChI is InChI=1S/C13H24N2OS2/c1-9(2)6-12-14-10(3)13(16)15(12)7-11-8-17-4-5-18-11/h9-12,14H,4-8H2,1-3H3. The minimum absolute atomic E-state index is 0.00464. The second-order valence-corrected chi connectivity index (χ2v) is 8.15. The molecular weight excluding hydrogens is 264 g/mol. The van der Waals surface area contributed by atoms with E-state index in [1.807, 2.05) is 30.4 Å². The molecule has 2 rings (SSSR count). The van der Waals surface area contributed by atoms with Gasteiger partial charge in [-0.3, -0.25) is 10.1 Å². The molecule has 3 atom stereocenters. The Morgan fingerprint density at radius 1 is 1.44 bits per heavy atom. The molecule has 0 radical (unpaired) electrons. The Bertz CT molecular complexity index is 293. The van der Waals surface area contributed by atoms with Crippen LogP contribution < -0.4 is 5.32 Å². The fraction of sp³-hybridized carbons (Fsp3) is 0.923. The Morgan fingerprint density at radius 3 is 2.83 bits per heavy atom. The minimum Gasteiger partial charge on any atom is -0.325 e. The number of carbonyl (C=O) groups is 1. The third-order valence-corrected chi connectivity index (χ3v) is 6.28. The molecule has 3 nitrogen and oxygen atoms in total. The van der Waals surface area contributed by atoms with Crippen LogP contribution in [0.2, 0.25) is 0 Å². The molecule has 0 spiro atoms. The number of amides is 1. The second kappa shape index (κ2) is 6.53. The van der Waals surface area contributed by atoms with Crippen LogP contribution in [0.4, 0.5) is 0 Å². The van der Waals surface area contributed by atoms with E-state index in [1.54, 1.807) is 0 Å². The van der Waals surface area contributed by atoms with Gasteiger partial charge in [-0.05, 0) is 19.3 Å². The molecule has 3 unspecified atom stereocenters. The van der Waals surface area contributed by atoms with E-state index in [2.05, 4.69) is 24.1 Å². The van der Waals surface area contributed by atoms with Crippen molar-refractivity contribution in [2.24, 2.45) is 5.92 Å². The molecule has 0 aromatic carbocycles. The van der Waals surface area contributed by atoms with E-state index in [9.17, 15) is 4.79 Å². The van der Waals surface area contributed by atoms with Gasteiger partial charge in [0, 0.05) is 29.1 Å². The van der Waals surface area contributed by atoms with Gasteiger partial charge in [-0.25, -0.2) is 0 Å². The van der Waals surface area contributed by atoms with Crippen LogP contribution in [-0.2, 0) is 4.79 Å². The lowest BCUT2D eigenvalue weighted by atomic mass is 10.1. The van der Waals surface area contributed by atoms with Gasteiger partial charge in [-0.15, -0.1) is 0 Å². The Kier molecular flexibility index (Phi) is 5.27. The normalized spacial score (nSPS) is 33.4. The number of nitrogens with one attached hydrogen (secondary N) is 1. The molecule has 0 aromatic heterocycles. The third-order valence-electron chi connectivity index (χ3n) is 3.45. The molecule has 2 heterocycles. The zero-order valence-electron chi connectivity index (χ0n) is 11.5. The molecule has 0 aliphatic carbocycles. The topological polar surface area (TPSA) is 32.3 Å². The van der Waals surface area contributed by atoms with Gasteiger partial charge in [-0.1, -0.05) is 13.8 Å². The second-order valence-electron chi connectivity index (χ2n) is 5.59. The molecule has 18 heavy (non-hydrogen) atoms. The molecule has 0 saturated carbocycles. The molecular formula is C13H24N2OS2. The summed E-state index contributed by atoms with van der Waals surface area (Å²) in [7, 11) is 0. The fourth-order valence-electron chi connectivity index (χ4n) is 2.57. The van der Waals surface area contributed by atoms with Gasteiger partial charge < -0.3 is 4.90 Å². The van der Waals surface area contributed by atoms with Crippen LogP contribution in [0.3, 0.4) is 0 Å². The fourth-order valence-corrected chi connectivity index (χ4v) is 5.24. The van der Waals surface area contributed by atoms with Crippen molar-refractivity contribution in [2.45, 2.75) is 44.6 Å². The molecule has 5 heteroatoms. The van der Waals surface area contributed by atoms with Crippen molar-refractivity contribution >= 4 is 29.4 Å². The number of thioether (sulfide) groups is 2. The number of nitrogens with zero attached hydrogens (tertiary/aromatic N) is 1. The zero-order valence-corrected chi connectivity index (χ0v) is 13.1. The average Bonchev–Trinajstić information content (AvgIpc) is 2.58. The third kappa shape index (κ3) is 3.58. The summed E-state index contributed by atoms with van der Waals surface area (Å²) < 4.78 is 0. The smallest absolute Gasteiger partial charge is 0.240 e. The van der Waals surface area contributed by atoms with Crippen LogP contribution in [-0.4, -0.2) is 52.1 Å². The Labute approximate surface area is 119 Å². The van der Waals surface area contributed by atoms with Gasteiger partial charge in [0.15, 0.2) is 0 Å². The van der Waals surface area contributed by atoms with Crippen LogP contribution in [0.1, 0.15) is 27.2 Å². The maximum atomic E-state index is 12.2. The first-order valence-electron chi connectivity index (χ1n) is 6.83. The minimum atomic E-state index is -0.00464. The van der Waals surface area contributed by atoms with Crippen molar-refractivity contribution < 1.29 is 4.79 Å². The summed E-state index contributed by atoms with van der Waals surface area (Å²) in [5.74, 6) is 4.60. The Balaban J connectivity index is 1.95. The summed E-state index contributed by atoms with van der Waals surface area (Å²) >= 11 is 4.06. The lowest BCUT2D eigenvalue weighted by Gasteiger charge is -2.30. The summed E-state index contributed by atoms with van der Waals surface area (Å²) in [6.45, 7) is 7.35. The van der Waals surface area contributed by atoms with E-state index >= 15 is 0 Å². The maximum Gasteiger partial charge on any atom is 0.240 e. The number of rotatable bonds is 4. The van der Waals surface area contributed by atoms with Crippen LogP contribution in [0, 0.1) is 5.92 Å². The van der Waals surface area contributed by atoms with Crippen molar-refractivity contribution in [2.75, 3.05) is 23.8 Å². The molecule has 2 fully saturated rings. The Hall–Kier alpha value is 0.130. The first-order chi connectivity index (χ1) is 8.58. The summed E-state index contributed by atoms with van der Waals surface area (Å²) in [5, 5.41) is 4.05. The predicted octanol–water partition coefficient (Wildman–Crippen LogP) is 2.03. The van der Waals surface area contributed by atoms with Crippen LogP contribution in [0.15, 0.2) is 0 Å². The highest BCUT2D eigenvalue weighted by atomic mass is 32.2. The van der Waals surface area contributed by atoms with Gasteiger partial charge in [0.05, 0.1) is 12.2 Å². The number of hydrogen-bond acceptors (Lipinski definition) is 4. The van der Waals surface area contributed by atoms with E-state index in [-0.39, 0.29) is 18.1 Å². The highest BCUT2D eigenvalue weighted by molar-refractivity contribution is 8.06. The molecule has 2 aliphatic heterocycles. The first-order valence-corrected chi connectivity index (χ1v) is 9.04. The van der Waals surface area contributed by atoms with E-state index in [1.165, 1.54) is 17.3 Å². The van der Waals surface area contributed by atoms with Gasteiger partial charge in [0.2, 0.25) is 5.91 Å². The monoisotopic (exact) mass is 288 g/mol. The molecule has 0 bridgehead atoms. The van der Waals surface area contributed by atoms with Crippen molar-refractivity contribution in [3.05, 3.63) is 0 Å². The number of hydrogen-bond donors (Lipinski definition) is 1. The highest BCUT2D eigenvalue weighted by Gasteiger charge is 2.37. The van der Waals surface area contributed by atoms with Crippen molar-refractivity contribution in [3.63, 3.8) is 0 Å². The largest absolute Gasteiger partial charge is 0.325 e. The van der Waals surface area contributed by atoms with E-state index in [4.69, 9.17) is 0 Å². The van der Waals surface area contributed by atoms with Crippen LogP contribution in [0.5, 0.6) is 0 Å². The van der Waals surface area contributed by atoms with Crippen molar-refractivity contribution in [1.82, 2.24) is 10.2 Å². The van der Waals surface area contributed by atoms with Crippen molar-refractivity contribution in [3.8, 4) is 0 Å². The molecule has 0 aromatic rings. The quantitative estimate of drug-likeness (QED) is 0.858. The van der Waals surface area contributed by atoms with E-state index in [0.29, 0.717) is 11.2 Å². The van der Waals surface area contributed by atoms with Gasteiger partial charge in [0.1, 0.15) is 0 Å². The molecule has 104 valence electrons. The molecule has 1 N–H and O–H groups in total. The summed E-state index contributed by atoms with van der Waals surface area (Å²) in [5.41, 5.74) is 0. The highest BCUT2D eigenvalue weighted by Crippen LogP contribution is 2.27. The maximum absolute atomic E-state index is 12.2. The lowest BCUT2D eigenvalue weighted by molar-refractivity contribution is -0.129. The van der Waals surface area contributed by atoms with Crippen LogP contribution >= 0.6 is 23.5 Å². The summed E-state index contributed by atoms with van der Waals surface area (Å²) in [6, 6.07) is -0.00464. The number of carbonyl (C=O) groups excluding carboxylic acids is 1. The first kappa shape index (κ1) is 14.5. The molecule has 2 saturated heterocycles. The van der Waals surface area contributed by atoms with Gasteiger partial charge in [-0.2, -0.15) is 23.5 Å². The zero-order chi connectivity index (χ0) is 13.1. The SMILES string of the molecule is CC(C)CC1NC(C)C(=O)N1CC1CSCCS1. The average molecular weight is 288 g/mol. The van der Waals surface area contributed by atoms with E-state index in [0.717, 1.165) is 13.0 Å². The van der Waals surface area contributed by atoms with Gasteiger partial charge in [0.25, 0.3) is 0 Å². The Morgan fingerprint density at radius 2 is 2.22 bits per heavy atom. The molecule has 1 amide bonds. The van der Waals surface area contributed by atoms with E-state index < -0.39 is 0 Å². The lowest BCUT2D eigenvalue weighted by Crippen LogP contribution is -2.43. The molecule has 2 aliphatic rings. The predicted molar refractivity (Wildman–Crippen MR) is 81.1 cm³/mol. The summed E-state index contributed by atoms with van der Waals surface area (Å²) in [6.07, 6.45) is 1.31. The van der Waals surface area contributed by atoms with Gasteiger partial charge >= 0.3 is 0 Å². The van der Waals surface area contributed by atoms with Crippen LogP contribution in [0.25, 0.3) is 0 Å².